The molecule has 1 amide bonds. The molecule has 2 rings (SSSR count). The van der Waals surface area contributed by atoms with Gasteiger partial charge in [-0.3, -0.25) is 4.79 Å². The normalized spacial score (nSPS) is 35.7. The van der Waals surface area contributed by atoms with Crippen molar-refractivity contribution in [2.24, 2.45) is 5.73 Å². The zero-order valence-electron chi connectivity index (χ0n) is 9.87. The van der Waals surface area contributed by atoms with Crippen LogP contribution in [0.2, 0.25) is 0 Å². The molecule has 0 aromatic heterocycles. The number of amides is 1. The lowest BCUT2D eigenvalue weighted by atomic mass is 9.91. The van der Waals surface area contributed by atoms with Gasteiger partial charge in [0.05, 0.1) is 6.04 Å². The number of carbonyl (C=O) groups is 1. The Balaban J connectivity index is 1.73. The van der Waals surface area contributed by atoms with E-state index in [9.17, 15) is 4.79 Å². The summed E-state index contributed by atoms with van der Waals surface area (Å²) in [5, 5.41) is 6.43. The molecule has 1 heterocycles. The monoisotopic (exact) mass is 225 g/mol. The topological polar surface area (TPSA) is 67.1 Å². The highest BCUT2D eigenvalue weighted by Gasteiger charge is 2.25. The lowest BCUT2D eigenvalue weighted by molar-refractivity contribution is -0.124. The number of nitrogens with one attached hydrogen (secondary N) is 2. The Morgan fingerprint density at radius 2 is 1.88 bits per heavy atom. The highest BCUT2D eigenvalue weighted by atomic mass is 16.2. The molecule has 1 saturated heterocycles. The van der Waals surface area contributed by atoms with E-state index < -0.39 is 0 Å². The van der Waals surface area contributed by atoms with Crippen molar-refractivity contribution in [1.29, 1.82) is 0 Å². The summed E-state index contributed by atoms with van der Waals surface area (Å²) in [4.78, 5) is 11.9. The maximum atomic E-state index is 11.9. The Morgan fingerprint density at radius 3 is 2.50 bits per heavy atom. The first-order chi connectivity index (χ1) is 7.75. The van der Waals surface area contributed by atoms with Crippen LogP contribution >= 0.6 is 0 Å². The second kappa shape index (κ2) is 5.64. The van der Waals surface area contributed by atoms with Gasteiger partial charge in [-0.15, -0.1) is 0 Å². The molecule has 1 saturated carbocycles. The van der Waals surface area contributed by atoms with Crippen LogP contribution in [0.1, 0.15) is 44.9 Å². The lowest BCUT2D eigenvalue weighted by Crippen LogP contribution is -2.50. The van der Waals surface area contributed by atoms with Crippen molar-refractivity contribution in [1.82, 2.24) is 10.6 Å². The number of hydrogen-bond acceptors (Lipinski definition) is 3. The van der Waals surface area contributed by atoms with Crippen LogP contribution in [0, 0.1) is 0 Å². The molecule has 1 unspecified atom stereocenters. The summed E-state index contributed by atoms with van der Waals surface area (Å²) in [6, 6.07) is 0.751. The van der Waals surface area contributed by atoms with Gasteiger partial charge in [-0.2, -0.15) is 0 Å². The lowest BCUT2D eigenvalue weighted by Gasteiger charge is -2.29. The van der Waals surface area contributed by atoms with E-state index in [1.54, 1.807) is 0 Å². The molecule has 2 aliphatic rings. The first-order valence-electron chi connectivity index (χ1n) is 6.55. The Morgan fingerprint density at radius 1 is 1.12 bits per heavy atom. The van der Waals surface area contributed by atoms with Gasteiger partial charge < -0.3 is 16.4 Å². The Labute approximate surface area is 97.3 Å². The molecule has 0 aromatic carbocycles. The number of nitrogens with two attached hydrogens (primary N) is 1. The summed E-state index contributed by atoms with van der Waals surface area (Å²) in [6.07, 6.45) is 7.52. The average Bonchev–Trinajstić information content (AvgIpc) is 2.33. The van der Waals surface area contributed by atoms with E-state index in [1.807, 2.05) is 0 Å². The second-order valence-electron chi connectivity index (χ2n) is 5.12. The first-order valence-corrected chi connectivity index (χ1v) is 6.55. The van der Waals surface area contributed by atoms with Gasteiger partial charge in [0.2, 0.25) is 5.91 Å². The van der Waals surface area contributed by atoms with E-state index in [4.69, 9.17) is 5.73 Å². The van der Waals surface area contributed by atoms with Crippen LogP contribution in [-0.2, 0) is 4.79 Å². The van der Waals surface area contributed by atoms with Gasteiger partial charge in [-0.25, -0.2) is 0 Å². The average molecular weight is 225 g/mol. The van der Waals surface area contributed by atoms with Crippen LogP contribution < -0.4 is 16.4 Å². The molecule has 16 heavy (non-hydrogen) atoms. The van der Waals surface area contributed by atoms with Crippen LogP contribution in [0.4, 0.5) is 0 Å². The minimum Gasteiger partial charge on any atom is -0.352 e. The van der Waals surface area contributed by atoms with Crippen LogP contribution in [0.15, 0.2) is 0 Å². The molecule has 4 N–H and O–H groups in total. The van der Waals surface area contributed by atoms with Crippen molar-refractivity contribution in [3.8, 4) is 0 Å². The molecule has 0 aromatic rings. The highest BCUT2D eigenvalue weighted by Crippen LogP contribution is 2.17. The van der Waals surface area contributed by atoms with Crippen LogP contribution in [0.3, 0.4) is 0 Å². The van der Waals surface area contributed by atoms with E-state index in [0.29, 0.717) is 12.1 Å². The molecule has 1 atom stereocenters. The Hall–Kier alpha value is -0.610. The van der Waals surface area contributed by atoms with Gasteiger partial charge >= 0.3 is 0 Å². The van der Waals surface area contributed by atoms with Gasteiger partial charge in [-0.05, 0) is 45.1 Å². The Bertz CT molecular complexity index is 230. The van der Waals surface area contributed by atoms with E-state index >= 15 is 0 Å². The Kier molecular flexibility index (Phi) is 4.18. The van der Waals surface area contributed by atoms with E-state index in [-0.39, 0.29) is 11.9 Å². The molecule has 4 heteroatoms. The minimum absolute atomic E-state index is 0.0457. The molecule has 2 fully saturated rings. The molecule has 1 aliphatic heterocycles. The summed E-state index contributed by atoms with van der Waals surface area (Å²) in [5.74, 6) is 0.195. The zero-order chi connectivity index (χ0) is 11.4. The quantitative estimate of drug-likeness (QED) is 0.641. The standard InChI is InChI=1S/C12H23N3O/c13-9-4-6-10(7-5-9)15-12(16)11-3-1-2-8-14-11/h9-11,14H,1-8,13H2,(H,15,16). The van der Waals surface area contributed by atoms with Crippen LogP contribution in [-0.4, -0.2) is 30.6 Å². The summed E-state index contributed by atoms with van der Waals surface area (Å²) >= 11 is 0. The van der Waals surface area contributed by atoms with Crippen LogP contribution in [0.5, 0.6) is 0 Å². The summed E-state index contributed by atoms with van der Waals surface area (Å²) < 4.78 is 0. The maximum Gasteiger partial charge on any atom is 0.237 e. The van der Waals surface area contributed by atoms with Crippen molar-refractivity contribution in [3.63, 3.8) is 0 Å². The molecule has 92 valence electrons. The molecule has 0 bridgehead atoms. The molecule has 1 aliphatic carbocycles. The smallest absolute Gasteiger partial charge is 0.237 e. The van der Waals surface area contributed by atoms with Crippen molar-refractivity contribution < 1.29 is 4.79 Å². The third-order valence-electron chi connectivity index (χ3n) is 3.75. The fourth-order valence-electron chi connectivity index (χ4n) is 2.64. The van der Waals surface area contributed by atoms with Gasteiger partial charge in [0.1, 0.15) is 0 Å². The summed E-state index contributed by atoms with van der Waals surface area (Å²) in [5.41, 5.74) is 5.85. The fourth-order valence-corrected chi connectivity index (χ4v) is 2.64. The van der Waals surface area contributed by atoms with Gasteiger partial charge in [0.25, 0.3) is 0 Å². The SMILES string of the molecule is NC1CCC(NC(=O)C2CCCCN2)CC1. The van der Waals surface area contributed by atoms with E-state index in [1.165, 1.54) is 12.8 Å². The van der Waals surface area contributed by atoms with Crippen molar-refractivity contribution in [2.45, 2.75) is 63.1 Å². The fraction of sp³-hybridized carbons (Fsp3) is 0.917. The van der Waals surface area contributed by atoms with Gasteiger partial charge in [0.15, 0.2) is 0 Å². The molecule has 0 spiro atoms. The molecule has 0 radical (unpaired) electrons. The van der Waals surface area contributed by atoms with Gasteiger partial charge in [0, 0.05) is 12.1 Å². The molecule has 4 nitrogen and oxygen atoms in total. The number of piperidine rings is 1. The minimum atomic E-state index is 0.0457. The van der Waals surface area contributed by atoms with E-state index in [0.717, 1.165) is 38.6 Å². The van der Waals surface area contributed by atoms with Crippen molar-refractivity contribution in [2.75, 3.05) is 6.54 Å². The third kappa shape index (κ3) is 3.19. The summed E-state index contributed by atoms with van der Waals surface area (Å²) in [7, 11) is 0. The van der Waals surface area contributed by atoms with Crippen molar-refractivity contribution in [3.05, 3.63) is 0 Å². The van der Waals surface area contributed by atoms with E-state index in [2.05, 4.69) is 10.6 Å². The predicted molar refractivity (Wildman–Crippen MR) is 64.0 cm³/mol. The maximum absolute atomic E-state index is 11.9. The largest absolute Gasteiger partial charge is 0.352 e. The number of carbonyl (C=O) groups excluding carboxylic acids is 1. The first kappa shape index (κ1) is 11.9. The summed E-state index contributed by atoms with van der Waals surface area (Å²) in [6.45, 7) is 0.980. The highest BCUT2D eigenvalue weighted by molar-refractivity contribution is 5.82. The second-order valence-corrected chi connectivity index (χ2v) is 5.12. The van der Waals surface area contributed by atoms with Gasteiger partial charge in [-0.1, -0.05) is 6.42 Å². The molecular formula is C12H23N3O. The number of hydrogen-bond donors (Lipinski definition) is 3. The molecular weight excluding hydrogens is 202 g/mol. The number of rotatable bonds is 2. The predicted octanol–water partition coefficient (Wildman–Crippen LogP) is 0.515. The van der Waals surface area contributed by atoms with Crippen molar-refractivity contribution >= 4 is 5.91 Å². The van der Waals surface area contributed by atoms with Crippen LogP contribution in [0.25, 0.3) is 0 Å². The third-order valence-corrected chi connectivity index (χ3v) is 3.75. The zero-order valence-corrected chi connectivity index (χ0v) is 9.87.